The zero-order chi connectivity index (χ0) is 12.7. The topological polar surface area (TPSA) is 66.0 Å². The third-order valence-corrected chi connectivity index (χ3v) is 2.80. The van der Waals surface area contributed by atoms with Crippen molar-refractivity contribution < 1.29 is 4.79 Å². The van der Waals surface area contributed by atoms with E-state index < -0.39 is 0 Å². The second kappa shape index (κ2) is 6.97. The maximum Gasteiger partial charge on any atom is 0.244 e. The van der Waals surface area contributed by atoms with E-state index >= 15 is 0 Å². The van der Waals surface area contributed by atoms with Gasteiger partial charge in [-0.3, -0.25) is 15.6 Å². The number of carbonyl (C=O) groups is 1. The van der Waals surface area contributed by atoms with Crippen molar-refractivity contribution in [2.45, 2.75) is 13.3 Å². The lowest BCUT2D eigenvalue weighted by Crippen LogP contribution is -2.47. The molecule has 7 heteroatoms. The molecule has 0 bridgehead atoms. The van der Waals surface area contributed by atoms with Crippen molar-refractivity contribution in [3.05, 3.63) is 28.7 Å². The molecule has 0 atom stereocenters. The Bertz CT molecular complexity index is 416. The van der Waals surface area contributed by atoms with E-state index in [4.69, 9.17) is 12.2 Å². The maximum atomic E-state index is 11.5. The molecular formula is C10H14N4OS2. The van der Waals surface area contributed by atoms with Crippen molar-refractivity contribution in [3.8, 4) is 0 Å². The summed E-state index contributed by atoms with van der Waals surface area (Å²) >= 11 is 6.43. The molecule has 5 nitrogen and oxygen atoms in total. The number of hydrogen-bond donors (Lipinski definition) is 3. The van der Waals surface area contributed by atoms with Crippen molar-refractivity contribution in [2.24, 2.45) is 0 Å². The van der Waals surface area contributed by atoms with Gasteiger partial charge in [-0.05, 0) is 19.1 Å². The molecule has 0 spiro atoms. The summed E-state index contributed by atoms with van der Waals surface area (Å²) in [4.78, 5) is 15.7. The van der Waals surface area contributed by atoms with E-state index in [9.17, 15) is 4.79 Å². The van der Waals surface area contributed by atoms with Gasteiger partial charge in [-0.2, -0.15) is 0 Å². The summed E-state index contributed by atoms with van der Waals surface area (Å²) in [5.74, 6) is -0.182. The Labute approximate surface area is 109 Å². The third kappa shape index (κ3) is 5.41. The number of thiazole rings is 1. The molecule has 0 aromatic carbocycles. The second-order valence-corrected chi connectivity index (χ2v) is 4.68. The van der Waals surface area contributed by atoms with E-state index in [1.54, 1.807) is 6.08 Å². The van der Waals surface area contributed by atoms with Crippen LogP contribution in [0.4, 0.5) is 0 Å². The zero-order valence-corrected chi connectivity index (χ0v) is 11.1. The van der Waals surface area contributed by atoms with Crippen molar-refractivity contribution >= 4 is 34.6 Å². The molecule has 0 saturated carbocycles. The molecule has 0 radical (unpaired) electrons. The van der Waals surface area contributed by atoms with Gasteiger partial charge in [-0.25, -0.2) is 4.98 Å². The minimum atomic E-state index is -0.182. The Morgan fingerprint density at radius 2 is 2.41 bits per heavy atom. The van der Waals surface area contributed by atoms with Crippen LogP contribution in [-0.4, -0.2) is 22.5 Å². The molecule has 1 aromatic heterocycles. The smallest absolute Gasteiger partial charge is 0.244 e. The monoisotopic (exact) mass is 270 g/mol. The van der Waals surface area contributed by atoms with Crippen LogP contribution in [0.2, 0.25) is 0 Å². The minimum absolute atomic E-state index is 0.182. The fourth-order valence-electron chi connectivity index (χ4n) is 1.03. The fourth-order valence-corrected chi connectivity index (χ4v) is 1.78. The van der Waals surface area contributed by atoms with Crippen LogP contribution >= 0.6 is 23.6 Å². The van der Waals surface area contributed by atoms with E-state index in [1.807, 2.05) is 12.3 Å². The van der Waals surface area contributed by atoms with Crippen LogP contribution < -0.4 is 16.2 Å². The minimum Gasteiger partial charge on any atom is -0.358 e. The fraction of sp³-hybridized carbons (Fsp3) is 0.300. The zero-order valence-electron chi connectivity index (χ0n) is 9.45. The highest BCUT2D eigenvalue weighted by Gasteiger charge is 2.06. The van der Waals surface area contributed by atoms with Gasteiger partial charge in [0, 0.05) is 11.9 Å². The number of aromatic nitrogens is 1. The number of amides is 1. The molecule has 1 heterocycles. The second-order valence-electron chi connectivity index (χ2n) is 3.21. The van der Waals surface area contributed by atoms with Crippen molar-refractivity contribution in [1.29, 1.82) is 0 Å². The standard InChI is InChI=1S/C10H14N4OS2/c1-3-4-11-10(16)14-13-9(15)5-8-6-17-7(2)12-8/h3,6H,1,4-5H2,2H3,(H,13,15)(H2,11,14,16). The molecule has 3 N–H and O–H groups in total. The Kier molecular flexibility index (Phi) is 5.58. The van der Waals surface area contributed by atoms with Gasteiger partial charge < -0.3 is 5.32 Å². The average molecular weight is 270 g/mol. The molecule has 92 valence electrons. The molecular weight excluding hydrogens is 256 g/mol. The third-order valence-electron chi connectivity index (χ3n) is 1.73. The molecule has 0 aliphatic heterocycles. The maximum absolute atomic E-state index is 11.5. The molecule has 1 rings (SSSR count). The van der Waals surface area contributed by atoms with Gasteiger partial charge in [-0.15, -0.1) is 17.9 Å². The van der Waals surface area contributed by atoms with Crippen LogP contribution in [0.25, 0.3) is 0 Å². The summed E-state index contributed by atoms with van der Waals surface area (Å²) in [7, 11) is 0. The summed E-state index contributed by atoms with van der Waals surface area (Å²) < 4.78 is 0. The highest BCUT2D eigenvalue weighted by atomic mass is 32.1. The van der Waals surface area contributed by atoms with Crippen molar-refractivity contribution in [3.63, 3.8) is 0 Å². The quantitative estimate of drug-likeness (QED) is 0.426. The summed E-state index contributed by atoms with van der Waals surface area (Å²) in [6.45, 7) is 5.99. The highest BCUT2D eigenvalue weighted by molar-refractivity contribution is 7.80. The average Bonchev–Trinajstić information content (AvgIpc) is 2.69. The Morgan fingerprint density at radius 1 is 1.65 bits per heavy atom. The predicted octanol–water partition coefficient (Wildman–Crippen LogP) is 0.675. The lowest BCUT2D eigenvalue weighted by molar-refractivity contribution is -0.121. The molecule has 0 saturated heterocycles. The Balaban J connectivity index is 2.25. The Morgan fingerprint density at radius 3 is 3.00 bits per heavy atom. The van der Waals surface area contributed by atoms with Crippen molar-refractivity contribution in [2.75, 3.05) is 6.54 Å². The lowest BCUT2D eigenvalue weighted by atomic mass is 10.3. The van der Waals surface area contributed by atoms with E-state index in [2.05, 4.69) is 27.7 Å². The first-order valence-electron chi connectivity index (χ1n) is 4.96. The van der Waals surface area contributed by atoms with Crippen LogP contribution in [0.15, 0.2) is 18.0 Å². The normalized spacial score (nSPS) is 9.47. The largest absolute Gasteiger partial charge is 0.358 e. The van der Waals surface area contributed by atoms with E-state index in [0.717, 1.165) is 10.7 Å². The van der Waals surface area contributed by atoms with Crippen LogP contribution in [-0.2, 0) is 11.2 Å². The van der Waals surface area contributed by atoms with E-state index in [-0.39, 0.29) is 12.3 Å². The molecule has 1 aromatic rings. The van der Waals surface area contributed by atoms with Crippen LogP contribution in [0.3, 0.4) is 0 Å². The lowest BCUT2D eigenvalue weighted by Gasteiger charge is -2.09. The summed E-state index contributed by atoms with van der Waals surface area (Å²) in [5, 5.41) is 6.00. The number of rotatable bonds is 4. The molecule has 0 fully saturated rings. The van der Waals surface area contributed by atoms with Crippen molar-refractivity contribution in [1.82, 2.24) is 21.2 Å². The van der Waals surface area contributed by atoms with E-state index in [0.29, 0.717) is 11.7 Å². The van der Waals surface area contributed by atoms with Gasteiger partial charge in [0.1, 0.15) is 0 Å². The van der Waals surface area contributed by atoms with Gasteiger partial charge >= 0.3 is 0 Å². The van der Waals surface area contributed by atoms with Gasteiger partial charge in [-0.1, -0.05) is 6.08 Å². The summed E-state index contributed by atoms with van der Waals surface area (Å²) in [6, 6.07) is 0. The van der Waals surface area contributed by atoms with Crippen LogP contribution in [0, 0.1) is 6.92 Å². The number of thiocarbonyl (C=S) groups is 1. The number of nitrogens with zero attached hydrogens (tertiary/aromatic N) is 1. The first-order valence-corrected chi connectivity index (χ1v) is 6.25. The molecule has 1 amide bonds. The molecule has 0 aliphatic carbocycles. The van der Waals surface area contributed by atoms with Gasteiger partial charge in [0.05, 0.1) is 17.1 Å². The highest BCUT2D eigenvalue weighted by Crippen LogP contribution is 2.07. The number of hydrazine groups is 1. The number of aryl methyl sites for hydroxylation is 1. The number of carbonyl (C=O) groups excluding carboxylic acids is 1. The summed E-state index contributed by atoms with van der Waals surface area (Å²) in [6.07, 6.45) is 1.91. The predicted molar refractivity (Wildman–Crippen MR) is 72.6 cm³/mol. The first kappa shape index (κ1) is 13.6. The molecule has 0 unspecified atom stereocenters. The Hall–Kier alpha value is -1.47. The van der Waals surface area contributed by atoms with Crippen LogP contribution in [0.1, 0.15) is 10.7 Å². The molecule has 0 aliphatic rings. The number of nitrogens with one attached hydrogen (secondary N) is 3. The first-order chi connectivity index (χ1) is 8.11. The van der Waals surface area contributed by atoms with Crippen LogP contribution in [0.5, 0.6) is 0 Å². The van der Waals surface area contributed by atoms with E-state index in [1.165, 1.54) is 11.3 Å². The molecule has 17 heavy (non-hydrogen) atoms. The van der Waals surface area contributed by atoms with Gasteiger partial charge in [0.15, 0.2) is 5.11 Å². The number of hydrogen-bond acceptors (Lipinski definition) is 4. The SMILES string of the molecule is C=CCNC(=S)NNC(=O)Cc1csc(C)n1. The van der Waals surface area contributed by atoms with Gasteiger partial charge in [0.25, 0.3) is 0 Å². The summed E-state index contributed by atoms with van der Waals surface area (Å²) in [5.41, 5.74) is 5.84. The van der Waals surface area contributed by atoms with Gasteiger partial charge in [0.2, 0.25) is 5.91 Å².